The molecule has 82 valence electrons. The molecule has 0 nitrogen and oxygen atoms in total. The summed E-state index contributed by atoms with van der Waals surface area (Å²) in [5.41, 5.74) is 1.04. The molecule has 0 heterocycles. The minimum Gasteiger partial charge on any atom is -0.196 e. The van der Waals surface area contributed by atoms with Gasteiger partial charge in [0.2, 0.25) is 0 Å². The van der Waals surface area contributed by atoms with Gasteiger partial charge in [-0.05, 0) is 6.92 Å². The Morgan fingerprint density at radius 2 is 1.25 bits per heavy atom. The molecular formula is C14H12F2. The van der Waals surface area contributed by atoms with Gasteiger partial charge in [0.15, 0.2) is 0 Å². The van der Waals surface area contributed by atoms with Crippen LogP contribution in [0.15, 0.2) is 54.6 Å². The van der Waals surface area contributed by atoms with E-state index in [4.69, 9.17) is 0 Å². The largest absolute Gasteiger partial charge is 0.298 e. The Bertz CT molecular complexity index is 458. The van der Waals surface area contributed by atoms with Crippen molar-refractivity contribution in [2.24, 2.45) is 0 Å². The molecule has 2 heteroatoms. The van der Waals surface area contributed by atoms with Crippen LogP contribution < -0.4 is 0 Å². The first-order chi connectivity index (χ1) is 7.60. The van der Waals surface area contributed by atoms with Gasteiger partial charge >= 0.3 is 0 Å². The minimum absolute atomic E-state index is 0.0267. The number of rotatable bonds is 2. The molecule has 2 aromatic rings. The molecule has 0 saturated heterocycles. The number of aryl methyl sites for hydroxylation is 1. The monoisotopic (exact) mass is 218 g/mol. The van der Waals surface area contributed by atoms with Crippen LogP contribution in [0.2, 0.25) is 0 Å². The highest BCUT2D eigenvalue weighted by molar-refractivity contribution is 5.34. The van der Waals surface area contributed by atoms with E-state index in [-0.39, 0.29) is 11.1 Å². The predicted molar refractivity (Wildman–Crippen MR) is 60.6 cm³/mol. The third-order valence-corrected chi connectivity index (χ3v) is 2.55. The zero-order valence-corrected chi connectivity index (χ0v) is 8.95. The molecule has 0 saturated carbocycles. The number of halogens is 2. The third-order valence-electron chi connectivity index (χ3n) is 2.55. The van der Waals surface area contributed by atoms with Crippen molar-refractivity contribution in [3.63, 3.8) is 0 Å². The Morgan fingerprint density at radius 3 is 1.81 bits per heavy atom. The van der Waals surface area contributed by atoms with Gasteiger partial charge in [-0.15, -0.1) is 0 Å². The van der Waals surface area contributed by atoms with Gasteiger partial charge < -0.3 is 0 Å². The fraction of sp³-hybridized carbons (Fsp3) is 0.143. The summed E-state index contributed by atoms with van der Waals surface area (Å²) < 4.78 is 28.0. The first kappa shape index (κ1) is 10.8. The van der Waals surface area contributed by atoms with Crippen molar-refractivity contribution in [1.29, 1.82) is 0 Å². The quantitative estimate of drug-likeness (QED) is 0.710. The second-order valence-corrected chi connectivity index (χ2v) is 3.81. The SMILES string of the molecule is Cc1ccc(C(F)(F)c2ccccc2)cc1. The lowest BCUT2D eigenvalue weighted by Gasteiger charge is -2.17. The van der Waals surface area contributed by atoms with Gasteiger partial charge in [-0.3, -0.25) is 0 Å². The predicted octanol–water partition coefficient (Wildman–Crippen LogP) is 4.14. The first-order valence-corrected chi connectivity index (χ1v) is 5.11. The molecule has 0 unspecified atom stereocenters. The van der Waals surface area contributed by atoms with Crippen molar-refractivity contribution in [2.75, 3.05) is 0 Å². The lowest BCUT2D eigenvalue weighted by Crippen LogP contribution is -2.14. The molecule has 0 amide bonds. The Kier molecular flexibility index (Phi) is 2.73. The van der Waals surface area contributed by atoms with Gasteiger partial charge in [-0.2, -0.15) is 8.78 Å². The highest BCUT2D eigenvalue weighted by Gasteiger charge is 2.33. The number of alkyl halides is 2. The molecule has 0 aliphatic carbocycles. The van der Waals surface area contributed by atoms with Crippen LogP contribution in [0.5, 0.6) is 0 Å². The van der Waals surface area contributed by atoms with Crippen LogP contribution in [0.1, 0.15) is 16.7 Å². The molecule has 16 heavy (non-hydrogen) atoms. The molecule has 0 N–H and O–H groups in total. The number of hydrogen-bond acceptors (Lipinski definition) is 0. The second-order valence-electron chi connectivity index (χ2n) is 3.81. The summed E-state index contributed by atoms with van der Waals surface area (Å²) in [4.78, 5) is 0. The molecule has 0 aliphatic heterocycles. The van der Waals surface area contributed by atoms with Crippen LogP contribution in [0.25, 0.3) is 0 Å². The standard InChI is InChI=1S/C14H12F2/c1-11-7-9-13(10-8-11)14(15,16)12-5-3-2-4-6-12/h2-10H,1H3. The van der Waals surface area contributed by atoms with Crippen molar-refractivity contribution < 1.29 is 8.78 Å². The normalized spacial score (nSPS) is 11.4. The van der Waals surface area contributed by atoms with E-state index in [0.717, 1.165) is 5.56 Å². The van der Waals surface area contributed by atoms with Crippen molar-refractivity contribution in [1.82, 2.24) is 0 Å². The molecule has 0 atom stereocenters. The average Bonchev–Trinajstić information content (AvgIpc) is 2.31. The summed E-state index contributed by atoms with van der Waals surface area (Å²) in [6.07, 6.45) is 0. The van der Waals surface area contributed by atoms with E-state index in [0.29, 0.717) is 0 Å². The molecule has 0 aliphatic rings. The summed E-state index contributed by atoms with van der Waals surface area (Å²) >= 11 is 0. The molecule has 0 fully saturated rings. The minimum atomic E-state index is -2.92. The van der Waals surface area contributed by atoms with Crippen LogP contribution >= 0.6 is 0 Å². The maximum absolute atomic E-state index is 14.0. The van der Waals surface area contributed by atoms with E-state index in [1.807, 2.05) is 6.92 Å². The van der Waals surface area contributed by atoms with E-state index in [2.05, 4.69) is 0 Å². The van der Waals surface area contributed by atoms with Crippen LogP contribution in [0, 0.1) is 6.92 Å². The highest BCUT2D eigenvalue weighted by Crippen LogP contribution is 2.35. The highest BCUT2D eigenvalue weighted by atomic mass is 19.3. The van der Waals surface area contributed by atoms with E-state index < -0.39 is 5.92 Å². The van der Waals surface area contributed by atoms with Gasteiger partial charge in [0.1, 0.15) is 0 Å². The fourth-order valence-corrected chi connectivity index (χ4v) is 1.58. The Morgan fingerprint density at radius 1 is 0.750 bits per heavy atom. The van der Waals surface area contributed by atoms with Crippen molar-refractivity contribution in [2.45, 2.75) is 12.8 Å². The van der Waals surface area contributed by atoms with Crippen molar-refractivity contribution in [3.8, 4) is 0 Å². The van der Waals surface area contributed by atoms with E-state index in [1.165, 1.54) is 24.3 Å². The Balaban J connectivity index is 2.43. The van der Waals surface area contributed by atoms with Gasteiger partial charge in [0, 0.05) is 11.1 Å². The van der Waals surface area contributed by atoms with E-state index in [1.54, 1.807) is 30.3 Å². The van der Waals surface area contributed by atoms with E-state index in [9.17, 15) is 8.78 Å². The van der Waals surface area contributed by atoms with Crippen molar-refractivity contribution in [3.05, 3.63) is 71.3 Å². The maximum Gasteiger partial charge on any atom is 0.298 e. The third kappa shape index (κ3) is 1.96. The molecule has 0 radical (unpaired) electrons. The summed E-state index contributed by atoms with van der Waals surface area (Å²) in [6.45, 7) is 1.88. The lowest BCUT2D eigenvalue weighted by atomic mass is 10.00. The van der Waals surface area contributed by atoms with Gasteiger partial charge in [-0.1, -0.05) is 60.2 Å². The summed E-state index contributed by atoms with van der Waals surface area (Å²) in [7, 11) is 0. The summed E-state index contributed by atoms with van der Waals surface area (Å²) in [6, 6.07) is 14.2. The number of hydrogen-bond donors (Lipinski definition) is 0. The molecule has 0 aromatic heterocycles. The Hall–Kier alpha value is -1.70. The van der Waals surface area contributed by atoms with Crippen LogP contribution in [-0.4, -0.2) is 0 Å². The molecular weight excluding hydrogens is 206 g/mol. The van der Waals surface area contributed by atoms with Crippen LogP contribution in [-0.2, 0) is 5.92 Å². The zero-order chi connectivity index (χ0) is 11.6. The second kappa shape index (κ2) is 4.05. The van der Waals surface area contributed by atoms with E-state index >= 15 is 0 Å². The lowest BCUT2D eigenvalue weighted by molar-refractivity contribution is 0.0428. The van der Waals surface area contributed by atoms with Gasteiger partial charge in [0.05, 0.1) is 0 Å². The zero-order valence-electron chi connectivity index (χ0n) is 8.95. The van der Waals surface area contributed by atoms with Crippen LogP contribution in [0.3, 0.4) is 0 Å². The molecule has 2 aromatic carbocycles. The average molecular weight is 218 g/mol. The first-order valence-electron chi connectivity index (χ1n) is 5.11. The number of benzene rings is 2. The van der Waals surface area contributed by atoms with Gasteiger partial charge in [0.25, 0.3) is 5.92 Å². The Labute approximate surface area is 93.5 Å². The smallest absolute Gasteiger partial charge is 0.196 e. The van der Waals surface area contributed by atoms with Crippen molar-refractivity contribution >= 4 is 0 Å². The fourth-order valence-electron chi connectivity index (χ4n) is 1.58. The summed E-state index contributed by atoms with van der Waals surface area (Å²) in [5.74, 6) is -2.92. The molecule has 2 rings (SSSR count). The molecule has 0 spiro atoms. The molecule has 0 bridgehead atoms. The topological polar surface area (TPSA) is 0 Å². The maximum atomic E-state index is 14.0. The van der Waals surface area contributed by atoms with Crippen LogP contribution in [0.4, 0.5) is 8.78 Å². The summed E-state index contributed by atoms with van der Waals surface area (Å²) in [5, 5.41) is 0. The van der Waals surface area contributed by atoms with Gasteiger partial charge in [-0.25, -0.2) is 0 Å².